The average molecular weight is 380 g/mol. The number of rotatable bonds is 3. The first-order chi connectivity index (χ1) is 11.9. The van der Waals surface area contributed by atoms with Crippen molar-refractivity contribution in [1.82, 2.24) is 10.6 Å². The van der Waals surface area contributed by atoms with Crippen LogP contribution in [-0.2, 0) is 9.59 Å². The van der Waals surface area contributed by atoms with E-state index in [0.717, 1.165) is 36.3 Å². The normalized spacial score (nSPS) is 25.8. The second-order valence-electron chi connectivity index (χ2n) is 7.74. The lowest BCUT2D eigenvalue weighted by Gasteiger charge is -2.31. The second-order valence-corrected chi connectivity index (χ2v) is 7.74. The zero-order valence-electron chi connectivity index (χ0n) is 16.1. The van der Waals surface area contributed by atoms with E-state index >= 15 is 0 Å². The van der Waals surface area contributed by atoms with Gasteiger partial charge in [0.05, 0.1) is 5.92 Å². The molecule has 26 heavy (non-hydrogen) atoms. The number of aryl methyl sites for hydroxylation is 3. The van der Waals surface area contributed by atoms with Crippen LogP contribution in [0.25, 0.3) is 0 Å². The highest BCUT2D eigenvalue weighted by atomic mass is 35.5. The molecular weight excluding hydrogens is 350 g/mol. The zero-order chi connectivity index (χ0) is 18.1. The molecule has 0 spiro atoms. The van der Waals surface area contributed by atoms with Gasteiger partial charge in [-0.1, -0.05) is 24.6 Å². The quantitative estimate of drug-likeness (QED) is 0.848. The number of carbonyl (C=O) groups excluding carboxylic acids is 2. The summed E-state index contributed by atoms with van der Waals surface area (Å²) in [5.74, 6) is 0.269. The summed E-state index contributed by atoms with van der Waals surface area (Å²) in [6.45, 7) is 10.6. The molecular formula is C20H30ClN3O2. The number of piperidine rings is 1. The Labute approximate surface area is 162 Å². The van der Waals surface area contributed by atoms with E-state index in [0.29, 0.717) is 18.9 Å². The number of carbonyl (C=O) groups is 2. The summed E-state index contributed by atoms with van der Waals surface area (Å²) in [4.78, 5) is 27.1. The molecule has 1 aromatic carbocycles. The van der Waals surface area contributed by atoms with Crippen molar-refractivity contribution in [3.63, 3.8) is 0 Å². The van der Waals surface area contributed by atoms with Crippen LogP contribution in [0.1, 0.15) is 36.5 Å². The summed E-state index contributed by atoms with van der Waals surface area (Å²) in [5.41, 5.74) is 4.35. The number of nitrogens with one attached hydrogen (secondary N) is 2. The van der Waals surface area contributed by atoms with Crippen LogP contribution in [0.5, 0.6) is 0 Å². The second kappa shape index (κ2) is 8.40. The Hall–Kier alpha value is -1.59. The van der Waals surface area contributed by atoms with Gasteiger partial charge in [0.1, 0.15) is 0 Å². The Morgan fingerprint density at radius 1 is 1.23 bits per heavy atom. The number of benzene rings is 1. The third-order valence-corrected chi connectivity index (χ3v) is 5.56. The highest BCUT2D eigenvalue weighted by Gasteiger charge is 2.37. The number of hydrogen-bond acceptors (Lipinski definition) is 3. The molecule has 0 saturated carbocycles. The molecule has 5 nitrogen and oxygen atoms in total. The first-order valence-electron chi connectivity index (χ1n) is 9.26. The Balaban J connectivity index is 0.00000243. The average Bonchev–Trinajstić information content (AvgIpc) is 2.90. The first kappa shape index (κ1) is 20.7. The number of halogens is 1. The monoisotopic (exact) mass is 379 g/mol. The van der Waals surface area contributed by atoms with Crippen molar-refractivity contribution < 1.29 is 9.59 Å². The Bertz CT molecular complexity index is 669. The lowest BCUT2D eigenvalue weighted by molar-refractivity contribution is -0.127. The first-order valence-corrected chi connectivity index (χ1v) is 9.26. The molecule has 0 bridgehead atoms. The van der Waals surface area contributed by atoms with Gasteiger partial charge in [-0.3, -0.25) is 9.59 Å². The van der Waals surface area contributed by atoms with Crippen LogP contribution in [-0.4, -0.2) is 37.5 Å². The van der Waals surface area contributed by atoms with Crippen LogP contribution >= 0.6 is 12.4 Å². The Morgan fingerprint density at radius 3 is 2.50 bits per heavy atom. The van der Waals surface area contributed by atoms with Gasteiger partial charge in [-0.15, -0.1) is 12.4 Å². The summed E-state index contributed by atoms with van der Waals surface area (Å²) in [6.07, 6.45) is 1.37. The maximum atomic E-state index is 12.7. The number of nitrogens with zero attached hydrogens (tertiary/aromatic N) is 1. The molecule has 0 radical (unpaired) electrons. The standard InChI is InChI=1S/C20H29N3O2.ClH/c1-12-7-14(3)19(15(4)8-12)23-11-16(9-18(23)24)20(25)22-17-10-21-6-5-13(17)2;/h7-8,13,16-17,21H,5-6,9-11H2,1-4H3,(H,22,25);1H. The molecule has 0 aliphatic carbocycles. The minimum Gasteiger partial charge on any atom is -0.352 e. The van der Waals surface area contributed by atoms with E-state index in [9.17, 15) is 9.59 Å². The van der Waals surface area contributed by atoms with Crippen molar-refractivity contribution in [2.24, 2.45) is 11.8 Å². The predicted molar refractivity (Wildman–Crippen MR) is 107 cm³/mol. The molecule has 2 heterocycles. The molecule has 3 atom stereocenters. The van der Waals surface area contributed by atoms with Crippen LogP contribution in [0.3, 0.4) is 0 Å². The molecule has 2 amide bonds. The van der Waals surface area contributed by atoms with E-state index in [4.69, 9.17) is 0 Å². The topological polar surface area (TPSA) is 61.4 Å². The minimum absolute atomic E-state index is 0. The number of hydrogen-bond donors (Lipinski definition) is 2. The van der Waals surface area contributed by atoms with E-state index in [2.05, 4.69) is 36.6 Å². The summed E-state index contributed by atoms with van der Waals surface area (Å²) >= 11 is 0. The van der Waals surface area contributed by atoms with Gasteiger partial charge in [-0.2, -0.15) is 0 Å². The van der Waals surface area contributed by atoms with E-state index in [-0.39, 0.29) is 36.2 Å². The molecule has 2 N–H and O–H groups in total. The summed E-state index contributed by atoms with van der Waals surface area (Å²) in [6, 6.07) is 4.35. The molecule has 2 aliphatic rings. The molecule has 3 rings (SSSR count). The fourth-order valence-electron chi connectivity index (χ4n) is 4.18. The fourth-order valence-corrected chi connectivity index (χ4v) is 4.18. The smallest absolute Gasteiger partial charge is 0.227 e. The lowest BCUT2D eigenvalue weighted by atomic mass is 9.94. The number of anilines is 1. The van der Waals surface area contributed by atoms with Crippen LogP contribution < -0.4 is 15.5 Å². The van der Waals surface area contributed by atoms with Gasteiger partial charge in [0.25, 0.3) is 0 Å². The van der Waals surface area contributed by atoms with Crippen molar-refractivity contribution in [1.29, 1.82) is 0 Å². The summed E-state index contributed by atoms with van der Waals surface area (Å²) in [7, 11) is 0. The molecule has 3 unspecified atom stereocenters. The molecule has 0 aromatic heterocycles. The van der Waals surface area contributed by atoms with Crippen molar-refractivity contribution in [3.8, 4) is 0 Å². The highest BCUT2D eigenvalue weighted by molar-refractivity contribution is 6.01. The lowest BCUT2D eigenvalue weighted by Crippen LogP contribution is -2.51. The molecule has 144 valence electrons. The van der Waals surface area contributed by atoms with E-state index in [1.807, 2.05) is 13.8 Å². The maximum absolute atomic E-state index is 12.7. The third-order valence-electron chi connectivity index (χ3n) is 5.56. The van der Waals surface area contributed by atoms with Crippen molar-refractivity contribution in [2.75, 3.05) is 24.5 Å². The summed E-state index contributed by atoms with van der Waals surface area (Å²) < 4.78 is 0. The number of amides is 2. The molecule has 6 heteroatoms. The molecule has 2 saturated heterocycles. The van der Waals surface area contributed by atoms with Crippen LogP contribution in [0.15, 0.2) is 12.1 Å². The van der Waals surface area contributed by atoms with Gasteiger partial charge < -0.3 is 15.5 Å². The van der Waals surface area contributed by atoms with E-state index in [1.165, 1.54) is 5.56 Å². The van der Waals surface area contributed by atoms with Gasteiger partial charge in [0.15, 0.2) is 0 Å². The van der Waals surface area contributed by atoms with Gasteiger partial charge in [-0.25, -0.2) is 0 Å². The molecule has 2 fully saturated rings. The minimum atomic E-state index is -0.262. The summed E-state index contributed by atoms with van der Waals surface area (Å²) in [5, 5.41) is 6.49. The van der Waals surface area contributed by atoms with Gasteiger partial charge in [-0.05, 0) is 50.8 Å². The molecule has 2 aliphatic heterocycles. The van der Waals surface area contributed by atoms with Gasteiger partial charge in [0, 0.05) is 31.2 Å². The van der Waals surface area contributed by atoms with Crippen LogP contribution in [0.2, 0.25) is 0 Å². The van der Waals surface area contributed by atoms with Crippen molar-refractivity contribution in [2.45, 2.75) is 46.6 Å². The predicted octanol–water partition coefficient (Wildman–Crippen LogP) is 2.50. The van der Waals surface area contributed by atoms with Gasteiger partial charge >= 0.3 is 0 Å². The van der Waals surface area contributed by atoms with Crippen LogP contribution in [0.4, 0.5) is 5.69 Å². The Morgan fingerprint density at radius 2 is 1.88 bits per heavy atom. The Kier molecular flexibility index (Phi) is 6.69. The van der Waals surface area contributed by atoms with Crippen molar-refractivity contribution >= 4 is 29.9 Å². The third kappa shape index (κ3) is 4.21. The van der Waals surface area contributed by atoms with Crippen LogP contribution in [0, 0.1) is 32.6 Å². The van der Waals surface area contributed by atoms with Crippen molar-refractivity contribution in [3.05, 3.63) is 28.8 Å². The van der Waals surface area contributed by atoms with E-state index < -0.39 is 0 Å². The maximum Gasteiger partial charge on any atom is 0.227 e. The van der Waals surface area contributed by atoms with E-state index in [1.54, 1.807) is 4.90 Å². The van der Waals surface area contributed by atoms with Gasteiger partial charge in [0.2, 0.25) is 11.8 Å². The largest absolute Gasteiger partial charge is 0.352 e. The molecule has 1 aromatic rings. The zero-order valence-corrected chi connectivity index (χ0v) is 16.9. The SMILES string of the molecule is Cc1cc(C)c(N2CC(C(=O)NC3CNCCC3C)CC2=O)c(C)c1.Cl. The highest BCUT2D eigenvalue weighted by Crippen LogP contribution is 2.32. The fraction of sp³-hybridized carbons (Fsp3) is 0.600.